The smallest absolute Gasteiger partial charge is 0.237 e. The van der Waals surface area contributed by atoms with Crippen molar-refractivity contribution in [3.05, 3.63) is 36.2 Å². The molecule has 0 bridgehead atoms. The van der Waals surface area contributed by atoms with Crippen molar-refractivity contribution in [3.8, 4) is 0 Å². The lowest BCUT2D eigenvalue weighted by molar-refractivity contribution is -0.116. The number of nitrogens with one attached hydrogen (secondary N) is 1. The normalized spacial score (nSPS) is 13.7. The number of nitrogens with zero attached hydrogens (tertiary/aromatic N) is 3. The zero-order chi connectivity index (χ0) is 12.4. The largest absolute Gasteiger partial charge is 0.311 e. The highest BCUT2D eigenvalue weighted by molar-refractivity contribution is 7.99. The molecule has 92 valence electrons. The van der Waals surface area contributed by atoms with E-state index in [1.54, 1.807) is 0 Å². The highest BCUT2D eigenvalue weighted by Crippen LogP contribution is 2.28. The molecule has 0 saturated carbocycles. The molecule has 2 aromatic rings. The lowest BCUT2D eigenvalue weighted by Gasteiger charge is -2.16. The number of amides is 1. The van der Waals surface area contributed by atoms with Crippen molar-refractivity contribution in [2.45, 2.75) is 11.6 Å². The SMILES string of the molecule is O=C(CSc1ncn[nH]1)N1CCc2ccccc21. The number of rotatable bonds is 3. The summed E-state index contributed by atoms with van der Waals surface area (Å²) in [7, 11) is 0. The molecule has 0 atom stereocenters. The van der Waals surface area contributed by atoms with E-state index in [1.165, 1.54) is 23.7 Å². The number of thioether (sulfide) groups is 1. The molecule has 0 fully saturated rings. The van der Waals surface area contributed by atoms with Crippen LogP contribution in [0, 0.1) is 0 Å². The number of benzene rings is 1. The second kappa shape index (κ2) is 4.81. The molecule has 0 radical (unpaired) electrons. The number of hydrogen-bond acceptors (Lipinski definition) is 4. The molecule has 1 N–H and O–H groups in total. The van der Waals surface area contributed by atoms with Crippen LogP contribution in [0.2, 0.25) is 0 Å². The molecular formula is C12H12N4OS. The van der Waals surface area contributed by atoms with Gasteiger partial charge in [-0.3, -0.25) is 9.89 Å². The first kappa shape index (κ1) is 11.3. The molecular weight excluding hydrogens is 248 g/mol. The number of carbonyl (C=O) groups is 1. The maximum atomic E-state index is 12.1. The van der Waals surface area contributed by atoms with Gasteiger partial charge in [-0.2, -0.15) is 5.10 Å². The first-order valence-corrected chi connectivity index (χ1v) is 6.69. The summed E-state index contributed by atoms with van der Waals surface area (Å²) in [5, 5.41) is 7.16. The average Bonchev–Trinajstić information content (AvgIpc) is 3.05. The maximum Gasteiger partial charge on any atom is 0.237 e. The molecule has 1 aromatic heterocycles. The topological polar surface area (TPSA) is 61.9 Å². The number of carbonyl (C=O) groups excluding carboxylic acids is 1. The Balaban J connectivity index is 1.67. The molecule has 1 aliphatic heterocycles. The van der Waals surface area contributed by atoms with Crippen LogP contribution in [-0.4, -0.2) is 33.4 Å². The van der Waals surface area contributed by atoms with Crippen LogP contribution in [0.4, 0.5) is 5.69 Å². The zero-order valence-corrected chi connectivity index (χ0v) is 10.5. The molecule has 0 unspecified atom stereocenters. The van der Waals surface area contributed by atoms with E-state index >= 15 is 0 Å². The predicted molar refractivity (Wildman–Crippen MR) is 69.6 cm³/mol. The van der Waals surface area contributed by atoms with Crippen LogP contribution in [0.15, 0.2) is 35.7 Å². The number of aromatic amines is 1. The summed E-state index contributed by atoms with van der Waals surface area (Å²) in [5.41, 5.74) is 2.29. The van der Waals surface area contributed by atoms with Crippen LogP contribution in [0.25, 0.3) is 0 Å². The van der Waals surface area contributed by atoms with Crippen LogP contribution >= 0.6 is 11.8 Å². The molecule has 6 heteroatoms. The van der Waals surface area contributed by atoms with Crippen molar-refractivity contribution in [1.29, 1.82) is 0 Å². The summed E-state index contributed by atoms with van der Waals surface area (Å²) < 4.78 is 0. The minimum absolute atomic E-state index is 0.112. The van der Waals surface area contributed by atoms with Gasteiger partial charge in [0.2, 0.25) is 5.91 Å². The molecule has 5 nitrogen and oxygen atoms in total. The van der Waals surface area contributed by atoms with Crippen LogP contribution in [0.5, 0.6) is 0 Å². The number of hydrogen-bond donors (Lipinski definition) is 1. The Hall–Kier alpha value is -1.82. The summed E-state index contributed by atoms with van der Waals surface area (Å²) in [6.07, 6.45) is 2.38. The fourth-order valence-corrected chi connectivity index (χ4v) is 2.72. The van der Waals surface area contributed by atoms with Crippen molar-refractivity contribution in [2.75, 3.05) is 17.2 Å². The molecule has 18 heavy (non-hydrogen) atoms. The molecule has 2 heterocycles. The second-order valence-electron chi connectivity index (χ2n) is 4.00. The minimum atomic E-state index is 0.112. The lowest BCUT2D eigenvalue weighted by atomic mass is 10.2. The van der Waals surface area contributed by atoms with Gasteiger partial charge in [-0.25, -0.2) is 4.98 Å². The number of para-hydroxylation sites is 1. The highest BCUT2D eigenvalue weighted by Gasteiger charge is 2.23. The predicted octanol–water partition coefficient (Wildman–Crippen LogP) is 1.49. The van der Waals surface area contributed by atoms with Crippen LogP contribution in [0.1, 0.15) is 5.56 Å². The van der Waals surface area contributed by atoms with Gasteiger partial charge in [0.1, 0.15) is 6.33 Å². The van der Waals surface area contributed by atoms with E-state index in [9.17, 15) is 4.79 Å². The molecule has 0 saturated heterocycles. The molecule has 3 rings (SSSR count). The van der Waals surface area contributed by atoms with E-state index in [-0.39, 0.29) is 5.91 Å². The Labute approximate surface area is 109 Å². The minimum Gasteiger partial charge on any atom is -0.311 e. The molecule has 1 aromatic carbocycles. The van der Waals surface area contributed by atoms with Crippen LogP contribution < -0.4 is 4.90 Å². The van der Waals surface area contributed by atoms with Gasteiger partial charge in [-0.15, -0.1) is 0 Å². The van der Waals surface area contributed by atoms with E-state index in [1.807, 2.05) is 23.1 Å². The number of H-pyrrole nitrogens is 1. The third kappa shape index (κ3) is 2.11. The number of fused-ring (bicyclic) bond motifs is 1. The van der Waals surface area contributed by atoms with Gasteiger partial charge in [0, 0.05) is 12.2 Å². The first-order chi connectivity index (χ1) is 8.84. The number of aromatic nitrogens is 3. The van der Waals surface area contributed by atoms with Crippen LogP contribution in [0.3, 0.4) is 0 Å². The average molecular weight is 260 g/mol. The van der Waals surface area contributed by atoms with Gasteiger partial charge < -0.3 is 4.90 Å². The number of anilines is 1. The Bertz CT molecular complexity index is 555. The Morgan fingerprint density at radius 2 is 2.33 bits per heavy atom. The van der Waals surface area contributed by atoms with Crippen molar-refractivity contribution < 1.29 is 4.79 Å². The monoisotopic (exact) mass is 260 g/mol. The van der Waals surface area contributed by atoms with E-state index in [0.29, 0.717) is 10.9 Å². The van der Waals surface area contributed by atoms with Crippen molar-refractivity contribution in [3.63, 3.8) is 0 Å². The van der Waals surface area contributed by atoms with Crippen molar-refractivity contribution in [2.24, 2.45) is 0 Å². The quantitative estimate of drug-likeness (QED) is 0.849. The maximum absolute atomic E-state index is 12.1. The van der Waals surface area contributed by atoms with E-state index in [4.69, 9.17) is 0 Å². The van der Waals surface area contributed by atoms with Gasteiger partial charge in [0.15, 0.2) is 5.16 Å². The standard InChI is InChI=1S/C12H12N4OS/c17-11(7-18-12-13-8-14-15-12)16-6-5-9-3-1-2-4-10(9)16/h1-4,8H,5-7H2,(H,13,14,15). The molecule has 1 aliphatic rings. The summed E-state index contributed by atoms with van der Waals surface area (Å²) in [6, 6.07) is 8.05. The fraction of sp³-hybridized carbons (Fsp3) is 0.250. The lowest BCUT2D eigenvalue weighted by Crippen LogP contribution is -2.30. The second-order valence-corrected chi connectivity index (χ2v) is 4.97. The first-order valence-electron chi connectivity index (χ1n) is 5.71. The fourth-order valence-electron chi connectivity index (χ4n) is 2.07. The summed E-state index contributed by atoms with van der Waals surface area (Å²) in [4.78, 5) is 18.0. The summed E-state index contributed by atoms with van der Waals surface area (Å²) in [6.45, 7) is 0.773. The molecule has 1 amide bonds. The summed E-state index contributed by atoms with van der Waals surface area (Å²) in [5.74, 6) is 0.491. The van der Waals surface area contributed by atoms with Crippen molar-refractivity contribution in [1.82, 2.24) is 15.2 Å². The summed E-state index contributed by atoms with van der Waals surface area (Å²) >= 11 is 1.38. The Morgan fingerprint density at radius 3 is 3.17 bits per heavy atom. The molecule has 0 spiro atoms. The van der Waals surface area contributed by atoms with Crippen molar-refractivity contribution >= 4 is 23.4 Å². The van der Waals surface area contributed by atoms with E-state index in [0.717, 1.165) is 18.7 Å². The third-order valence-corrected chi connectivity index (χ3v) is 3.77. The molecule has 0 aliphatic carbocycles. The van der Waals surface area contributed by atoms with Gasteiger partial charge >= 0.3 is 0 Å². The third-order valence-electron chi connectivity index (χ3n) is 2.91. The van der Waals surface area contributed by atoms with Gasteiger partial charge in [0.25, 0.3) is 0 Å². The van der Waals surface area contributed by atoms with Gasteiger partial charge in [0.05, 0.1) is 5.75 Å². The van der Waals surface area contributed by atoms with E-state index in [2.05, 4.69) is 21.2 Å². The van der Waals surface area contributed by atoms with Gasteiger partial charge in [-0.05, 0) is 18.1 Å². The highest BCUT2D eigenvalue weighted by atomic mass is 32.2. The zero-order valence-electron chi connectivity index (χ0n) is 9.67. The Kier molecular flexibility index (Phi) is 3.02. The van der Waals surface area contributed by atoms with E-state index < -0.39 is 0 Å². The van der Waals surface area contributed by atoms with Gasteiger partial charge in [-0.1, -0.05) is 30.0 Å². The van der Waals surface area contributed by atoms with Crippen LogP contribution in [-0.2, 0) is 11.2 Å². The Morgan fingerprint density at radius 1 is 1.44 bits per heavy atom.